The maximum Gasteiger partial charge on any atom is 0.300 e. The molecule has 1 aromatic carbocycles. The fraction of sp³-hybridized carbons (Fsp3) is 0.455. The number of rotatable bonds is 6. The molecular formula is C11H15N5O3. The molecule has 1 atom stereocenters. The fourth-order valence-corrected chi connectivity index (χ4v) is 1.85. The van der Waals surface area contributed by atoms with Crippen molar-refractivity contribution in [3.8, 4) is 0 Å². The topological polar surface area (TPSA) is 106 Å². The van der Waals surface area contributed by atoms with E-state index in [1.807, 2.05) is 7.05 Å². The highest BCUT2D eigenvalue weighted by Crippen LogP contribution is 2.28. The molecule has 0 radical (unpaired) electrons. The lowest BCUT2D eigenvalue weighted by atomic mass is 10.1. The van der Waals surface area contributed by atoms with Gasteiger partial charge >= 0.3 is 5.69 Å². The molecule has 0 saturated heterocycles. The lowest BCUT2D eigenvalue weighted by Gasteiger charge is -2.12. The Balaban J connectivity index is 2.23. The number of nitro groups is 1. The van der Waals surface area contributed by atoms with E-state index in [4.69, 9.17) is 0 Å². The van der Waals surface area contributed by atoms with Crippen molar-refractivity contribution in [3.05, 3.63) is 22.2 Å². The van der Waals surface area contributed by atoms with Crippen molar-refractivity contribution in [2.75, 3.05) is 25.5 Å². The SMILES string of the molecule is CNCC(C)CNc1ccc([N+](=O)[O-])c2nonc12. The van der Waals surface area contributed by atoms with E-state index in [0.717, 1.165) is 13.1 Å². The van der Waals surface area contributed by atoms with Gasteiger partial charge in [-0.15, -0.1) is 0 Å². The number of benzene rings is 1. The van der Waals surface area contributed by atoms with Gasteiger partial charge in [0.25, 0.3) is 0 Å². The van der Waals surface area contributed by atoms with Gasteiger partial charge in [-0.05, 0) is 35.9 Å². The molecule has 1 aromatic heterocycles. The predicted octanol–water partition coefficient (Wildman–Crippen LogP) is 1.40. The summed E-state index contributed by atoms with van der Waals surface area (Å²) in [5, 5.41) is 24.4. The average Bonchev–Trinajstić information content (AvgIpc) is 2.85. The van der Waals surface area contributed by atoms with Crippen molar-refractivity contribution in [1.29, 1.82) is 0 Å². The third-order valence-electron chi connectivity index (χ3n) is 2.78. The van der Waals surface area contributed by atoms with Crippen LogP contribution in [0.1, 0.15) is 6.92 Å². The molecule has 0 fully saturated rings. The lowest BCUT2D eigenvalue weighted by Crippen LogP contribution is -2.22. The highest BCUT2D eigenvalue weighted by atomic mass is 16.6. The standard InChI is InChI=1S/C11H15N5O3/c1-7(5-12-2)6-13-8-3-4-9(16(17)18)11-10(8)14-19-15-11/h3-4,7,12-13H,5-6H2,1-2H3. The molecule has 8 heteroatoms. The van der Waals surface area contributed by atoms with Crippen molar-refractivity contribution in [2.24, 2.45) is 5.92 Å². The number of hydrogen-bond acceptors (Lipinski definition) is 7. The smallest absolute Gasteiger partial charge is 0.300 e. The number of fused-ring (bicyclic) bond motifs is 1. The Hall–Kier alpha value is -2.22. The van der Waals surface area contributed by atoms with Crippen molar-refractivity contribution in [2.45, 2.75) is 6.92 Å². The molecule has 2 rings (SSSR count). The summed E-state index contributed by atoms with van der Waals surface area (Å²) in [6, 6.07) is 3.02. The van der Waals surface area contributed by atoms with Gasteiger partial charge in [-0.2, -0.15) is 0 Å². The molecule has 0 aliphatic heterocycles. The summed E-state index contributed by atoms with van der Waals surface area (Å²) >= 11 is 0. The first-order valence-electron chi connectivity index (χ1n) is 5.91. The van der Waals surface area contributed by atoms with E-state index < -0.39 is 4.92 Å². The van der Waals surface area contributed by atoms with Gasteiger partial charge in [0.1, 0.15) is 0 Å². The van der Waals surface area contributed by atoms with E-state index >= 15 is 0 Å². The average molecular weight is 265 g/mol. The first-order chi connectivity index (χ1) is 9.13. The van der Waals surface area contributed by atoms with Crippen LogP contribution < -0.4 is 10.6 Å². The van der Waals surface area contributed by atoms with Crippen molar-refractivity contribution < 1.29 is 9.55 Å². The third-order valence-corrected chi connectivity index (χ3v) is 2.78. The molecule has 2 aromatic rings. The van der Waals surface area contributed by atoms with E-state index in [1.54, 1.807) is 6.07 Å². The largest absolute Gasteiger partial charge is 0.383 e. The first-order valence-corrected chi connectivity index (χ1v) is 5.91. The zero-order valence-corrected chi connectivity index (χ0v) is 10.7. The quantitative estimate of drug-likeness (QED) is 0.600. The molecule has 102 valence electrons. The number of aromatic nitrogens is 2. The summed E-state index contributed by atoms with van der Waals surface area (Å²) in [6.07, 6.45) is 0. The molecule has 0 spiro atoms. The number of anilines is 1. The fourth-order valence-electron chi connectivity index (χ4n) is 1.85. The molecule has 2 N–H and O–H groups in total. The highest BCUT2D eigenvalue weighted by Gasteiger charge is 2.19. The van der Waals surface area contributed by atoms with E-state index in [-0.39, 0.29) is 11.2 Å². The van der Waals surface area contributed by atoms with Gasteiger partial charge in [0, 0.05) is 12.6 Å². The van der Waals surface area contributed by atoms with Crippen LogP contribution in [0.5, 0.6) is 0 Å². The van der Waals surface area contributed by atoms with Gasteiger partial charge in [-0.1, -0.05) is 6.92 Å². The van der Waals surface area contributed by atoms with Crippen LogP contribution in [0.25, 0.3) is 11.0 Å². The van der Waals surface area contributed by atoms with E-state index in [0.29, 0.717) is 17.1 Å². The Labute approximate surface area is 109 Å². The second-order valence-corrected chi connectivity index (χ2v) is 4.39. The van der Waals surface area contributed by atoms with Crippen molar-refractivity contribution in [1.82, 2.24) is 15.6 Å². The molecule has 1 heterocycles. The van der Waals surface area contributed by atoms with Crippen LogP contribution >= 0.6 is 0 Å². The number of nitro benzene ring substituents is 1. The maximum atomic E-state index is 10.8. The van der Waals surface area contributed by atoms with Crippen molar-refractivity contribution >= 4 is 22.4 Å². The molecule has 0 saturated carbocycles. The minimum absolute atomic E-state index is 0.106. The van der Waals surface area contributed by atoms with E-state index in [2.05, 4.69) is 32.5 Å². The summed E-state index contributed by atoms with van der Waals surface area (Å²) in [7, 11) is 1.89. The zero-order chi connectivity index (χ0) is 13.8. The van der Waals surface area contributed by atoms with Gasteiger partial charge in [0.15, 0.2) is 5.52 Å². The Morgan fingerprint density at radius 1 is 1.37 bits per heavy atom. The lowest BCUT2D eigenvalue weighted by molar-refractivity contribution is -0.383. The monoisotopic (exact) mass is 265 g/mol. The molecule has 19 heavy (non-hydrogen) atoms. The Bertz CT molecular complexity index is 583. The van der Waals surface area contributed by atoms with Crippen LogP contribution in [-0.2, 0) is 0 Å². The Kier molecular flexibility index (Phi) is 3.91. The molecule has 0 amide bonds. The predicted molar refractivity (Wildman–Crippen MR) is 70.0 cm³/mol. The van der Waals surface area contributed by atoms with Crippen LogP contribution in [0.3, 0.4) is 0 Å². The number of non-ortho nitro benzene ring substituents is 1. The minimum atomic E-state index is -0.500. The van der Waals surface area contributed by atoms with Gasteiger partial charge in [0.05, 0.1) is 10.6 Å². The first kappa shape index (κ1) is 13.2. The van der Waals surface area contributed by atoms with Crippen molar-refractivity contribution in [3.63, 3.8) is 0 Å². The maximum absolute atomic E-state index is 10.8. The van der Waals surface area contributed by atoms with Crippen LogP contribution in [0.15, 0.2) is 16.8 Å². The second-order valence-electron chi connectivity index (χ2n) is 4.39. The minimum Gasteiger partial charge on any atom is -0.383 e. The number of hydrogen-bond donors (Lipinski definition) is 2. The van der Waals surface area contributed by atoms with E-state index in [1.165, 1.54) is 6.07 Å². The summed E-state index contributed by atoms with van der Waals surface area (Å²) in [4.78, 5) is 10.3. The molecule has 0 aliphatic rings. The molecule has 0 bridgehead atoms. The highest BCUT2D eigenvalue weighted by molar-refractivity contribution is 5.93. The van der Waals surface area contributed by atoms with E-state index in [9.17, 15) is 10.1 Å². The number of nitrogens with one attached hydrogen (secondary N) is 2. The zero-order valence-electron chi connectivity index (χ0n) is 10.7. The Morgan fingerprint density at radius 3 is 2.79 bits per heavy atom. The summed E-state index contributed by atoms with van der Waals surface area (Å²) in [6.45, 7) is 3.69. The summed E-state index contributed by atoms with van der Waals surface area (Å²) in [5.41, 5.74) is 1.12. The summed E-state index contributed by atoms with van der Waals surface area (Å²) in [5.74, 6) is 0.412. The van der Waals surface area contributed by atoms with Crippen LogP contribution in [0.4, 0.5) is 11.4 Å². The molecule has 8 nitrogen and oxygen atoms in total. The van der Waals surface area contributed by atoms with Gasteiger partial charge in [-0.3, -0.25) is 10.1 Å². The van der Waals surface area contributed by atoms with Gasteiger partial charge in [0.2, 0.25) is 5.52 Å². The van der Waals surface area contributed by atoms with Crippen LogP contribution in [0.2, 0.25) is 0 Å². The van der Waals surface area contributed by atoms with Gasteiger partial charge < -0.3 is 10.6 Å². The normalized spacial score (nSPS) is 12.5. The number of nitrogens with zero attached hydrogens (tertiary/aromatic N) is 3. The summed E-state index contributed by atoms with van der Waals surface area (Å²) < 4.78 is 4.59. The molecule has 0 aliphatic carbocycles. The van der Waals surface area contributed by atoms with Crippen LogP contribution in [-0.4, -0.2) is 35.4 Å². The third kappa shape index (κ3) is 2.79. The molecular weight excluding hydrogens is 250 g/mol. The van der Waals surface area contributed by atoms with Crippen LogP contribution in [0, 0.1) is 16.0 Å². The Morgan fingerprint density at radius 2 is 2.11 bits per heavy atom. The van der Waals surface area contributed by atoms with Gasteiger partial charge in [-0.25, -0.2) is 4.63 Å². The molecule has 1 unspecified atom stereocenters. The second kappa shape index (κ2) is 5.61.